The number of nitrogens with zero attached hydrogens (tertiary/aromatic N) is 6. The molecule has 1 aromatic carbocycles. The predicted octanol–water partition coefficient (Wildman–Crippen LogP) is 7.18. The van der Waals surface area contributed by atoms with E-state index >= 15 is 0 Å². The van der Waals surface area contributed by atoms with Crippen molar-refractivity contribution in [3.05, 3.63) is 58.6 Å². The second-order valence-corrected chi connectivity index (χ2v) is 19.9. The second-order valence-electron chi connectivity index (χ2n) is 18.5. The van der Waals surface area contributed by atoms with Gasteiger partial charge in [0.2, 0.25) is 11.8 Å². The number of rotatable bonds is 30. The van der Waals surface area contributed by atoms with Crippen molar-refractivity contribution in [3.63, 3.8) is 0 Å². The summed E-state index contributed by atoms with van der Waals surface area (Å²) in [6.07, 6.45) is 5.24. The smallest absolute Gasteiger partial charge is 0.351 e. The first-order valence-electron chi connectivity index (χ1n) is 25.0. The van der Waals surface area contributed by atoms with E-state index in [1.807, 2.05) is 40.9 Å². The van der Waals surface area contributed by atoms with Crippen molar-refractivity contribution in [1.29, 1.82) is 5.26 Å². The summed E-state index contributed by atoms with van der Waals surface area (Å²) in [6, 6.07) is 11.9. The van der Waals surface area contributed by atoms with Crippen LogP contribution in [0.25, 0.3) is 0 Å². The maximum absolute atomic E-state index is 13.5. The number of amides is 2. The van der Waals surface area contributed by atoms with Gasteiger partial charge < -0.3 is 48.3 Å². The van der Waals surface area contributed by atoms with E-state index in [1.165, 1.54) is 11.5 Å². The molecule has 20 heteroatoms. The molecule has 19 nitrogen and oxygen atoms in total. The van der Waals surface area contributed by atoms with Crippen molar-refractivity contribution in [1.82, 2.24) is 29.8 Å². The zero-order valence-electron chi connectivity index (χ0n) is 43.0. The Morgan fingerprint density at radius 2 is 1.60 bits per heavy atom. The summed E-state index contributed by atoms with van der Waals surface area (Å²) in [7, 11) is 1.96. The number of ether oxygens (including phenoxy) is 5. The second kappa shape index (κ2) is 30.5. The molecule has 2 aromatic rings. The average Bonchev–Trinajstić information content (AvgIpc) is 3.66. The molecule has 390 valence electrons. The monoisotopic (exact) mass is 999 g/mol. The Morgan fingerprint density at radius 3 is 2.24 bits per heavy atom. The molecule has 2 unspecified atom stereocenters. The van der Waals surface area contributed by atoms with Crippen LogP contribution >= 0.6 is 8.53 Å². The quantitative estimate of drug-likeness (QED) is 0.0260. The Bertz CT molecular complexity index is 2010. The van der Waals surface area contributed by atoms with Crippen molar-refractivity contribution >= 4 is 38.5 Å². The van der Waals surface area contributed by atoms with E-state index in [0.29, 0.717) is 57.4 Å². The van der Waals surface area contributed by atoms with E-state index < -0.39 is 57.1 Å². The molecule has 1 aromatic heterocycles. The fraction of sp³-hybridized carbons (Fsp3) is 0.700. The van der Waals surface area contributed by atoms with Gasteiger partial charge in [0.1, 0.15) is 24.4 Å². The zero-order valence-corrected chi connectivity index (χ0v) is 43.9. The van der Waals surface area contributed by atoms with Crippen molar-refractivity contribution in [2.24, 2.45) is 10.9 Å². The van der Waals surface area contributed by atoms with Gasteiger partial charge in [-0.05, 0) is 84.4 Å². The number of carbonyl (C=O) groups excluding carboxylic acids is 3. The first-order chi connectivity index (χ1) is 33.6. The Hall–Kier alpha value is -4.38. The summed E-state index contributed by atoms with van der Waals surface area (Å²) in [4.78, 5) is 61.9. The van der Waals surface area contributed by atoms with Gasteiger partial charge in [-0.3, -0.25) is 14.2 Å². The van der Waals surface area contributed by atoms with Crippen LogP contribution in [0.5, 0.6) is 0 Å². The van der Waals surface area contributed by atoms with Gasteiger partial charge in [-0.15, -0.1) is 0 Å². The molecule has 0 radical (unpaired) electrons. The Labute approximate surface area is 416 Å². The molecule has 0 bridgehead atoms. The van der Waals surface area contributed by atoms with Gasteiger partial charge in [0, 0.05) is 71.4 Å². The normalized spacial score (nSPS) is 24.0. The topological polar surface area (TPSA) is 217 Å². The van der Waals surface area contributed by atoms with E-state index in [4.69, 9.17) is 32.7 Å². The molecule has 2 fully saturated rings. The van der Waals surface area contributed by atoms with Crippen LogP contribution in [0, 0.1) is 17.2 Å². The molecular weight excluding hydrogens is 920 g/mol. The van der Waals surface area contributed by atoms with E-state index in [2.05, 4.69) is 59.0 Å². The lowest BCUT2D eigenvalue weighted by Crippen LogP contribution is -2.62. The van der Waals surface area contributed by atoms with Crippen molar-refractivity contribution < 1.29 is 47.1 Å². The first-order valence-corrected chi connectivity index (χ1v) is 26.1. The molecule has 2 aliphatic rings. The molecule has 70 heavy (non-hydrogen) atoms. The number of aromatic nitrogens is 2. The highest BCUT2D eigenvalue weighted by Gasteiger charge is 2.50. The van der Waals surface area contributed by atoms with Crippen LogP contribution in [0.4, 0.5) is 5.82 Å². The lowest BCUT2D eigenvalue weighted by Gasteiger charge is -2.45. The minimum atomic E-state index is -1.70. The number of benzene rings is 1. The highest BCUT2D eigenvalue weighted by atomic mass is 31.2. The van der Waals surface area contributed by atoms with Gasteiger partial charge in [-0.1, -0.05) is 51.8 Å². The highest BCUT2D eigenvalue weighted by molar-refractivity contribution is 7.44. The van der Waals surface area contributed by atoms with Crippen LogP contribution in [0.2, 0.25) is 0 Å². The third kappa shape index (κ3) is 18.0. The van der Waals surface area contributed by atoms with Gasteiger partial charge in [0.15, 0.2) is 18.3 Å². The number of carbonyl (C=O) groups is 3. The number of hydrogen-bond donors (Lipinski definition) is 2. The molecule has 2 N–H and O–H groups in total. The third-order valence-electron chi connectivity index (χ3n) is 11.9. The van der Waals surface area contributed by atoms with Crippen molar-refractivity contribution in [3.8, 4) is 6.07 Å². The van der Waals surface area contributed by atoms with E-state index in [1.54, 1.807) is 47.8 Å². The molecule has 0 spiro atoms. The molecule has 2 aliphatic heterocycles. The minimum absolute atomic E-state index is 0.0381. The summed E-state index contributed by atoms with van der Waals surface area (Å²) < 4.78 is 48.3. The molecular formula is C50H79N8O11P. The van der Waals surface area contributed by atoms with Gasteiger partial charge in [-0.25, -0.2) is 19.3 Å². The Morgan fingerprint density at radius 1 is 0.914 bits per heavy atom. The van der Waals surface area contributed by atoms with Crippen molar-refractivity contribution in [2.75, 3.05) is 40.5 Å². The first kappa shape index (κ1) is 58.2. The fourth-order valence-corrected chi connectivity index (χ4v) is 10.3. The predicted molar refractivity (Wildman–Crippen MR) is 267 cm³/mol. The molecule has 2 amide bonds. The van der Waals surface area contributed by atoms with Gasteiger partial charge in [-0.2, -0.15) is 10.2 Å². The molecule has 0 saturated carbocycles. The van der Waals surface area contributed by atoms with Crippen molar-refractivity contribution in [2.45, 2.75) is 181 Å². The molecule has 3 heterocycles. The number of nitrogens with one attached hydrogen (secondary N) is 2. The number of aliphatic imine (C=N–C) groups is 1. The number of unbranched alkanes of at least 4 members (excludes halogenated alkanes) is 4. The lowest BCUT2D eigenvalue weighted by molar-refractivity contribution is -0.249. The zero-order chi connectivity index (χ0) is 51.2. The fourth-order valence-electron chi connectivity index (χ4n) is 8.54. The lowest BCUT2D eigenvalue weighted by atomic mass is 9.87. The SMILES string of the molecule is CC[C@H]1O[C@@H](n2ccc(/N=C\N(C)C)nc2=O)[C@@H](OP(OCCC#N)N(C(C)C)C(C)C)C1OCCCCCCNC(=O)CCCCO[C@@H]1O[C@H](CC)[C@H](C)[C@H](OC(=O)c2ccccc2)[C@H]1NC(C)=O. The van der Waals surface area contributed by atoms with Crippen LogP contribution in [-0.2, 0) is 42.3 Å². The van der Waals surface area contributed by atoms with E-state index in [-0.39, 0.29) is 60.9 Å². The van der Waals surface area contributed by atoms with Crippen LogP contribution in [-0.4, -0.2) is 139 Å². The summed E-state index contributed by atoms with van der Waals surface area (Å²) in [5, 5.41) is 15.2. The van der Waals surface area contributed by atoms with E-state index in [0.717, 1.165) is 25.7 Å². The van der Waals surface area contributed by atoms with Crippen LogP contribution in [0.3, 0.4) is 0 Å². The summed E-state index contributed by atoms with van der Waals surface area (Å²) in [5.41, 5.74) is -0.117. The highest BCUT2D eigenvalue weighted by Crippen LogP contribution is 2.51. The number of esters is 1. The van der Waals surface area contributed by atoms with Gasteiger partial charge in [0.25, 0.3) is 8.53 Å². The summed E-state index contributed by atoms with van der Waals surface area (Å²) in [6.45, 7) is 17.1. The Kier molecular flexibility index (Phi) is 25.3. The maximum atomic E-state index is 13.5. The standard InChI is InChI=1S/C50H79N8O11P/c1-11-39-36(7)44(68-48(61)38-23-16-15-17-24-38)43(54-37(8)59)49(67-39)64-31-21-18-25-42(60)52-28-19-13-14-20-30-63-45-40(12-2)66-47(57-29-26-41(55-50(57)62)53-33-56(9)10)46(45)69-70(65-32-22-27-51)58(34(3)4)35(5)6/h15-17,23-24,26,29,33-36,39-40,43-47,49H,11-14,18-22,25,28,30-32H2,1-10H3,(H,52,60)(H,54,59)/b53-33-/t36-,39+,40+,43+,44-,45?,46-,47+,49+,70?/m0/s1. The third-order valence-corrected chi connectivity index (χ3v) is 14.1. The van der Waals surface area contributed by atoms with Crippen LogP contribution in [0.15, 0.2) is 52.4 Å². The van der Waals surface area contributed by atoms with Crippen LogP contribution < -0.4 is 16.3 Å². The number of hydrogen-bond acceptors (Lipinski definition) is 15. The summed E-state index contributed by atoms with van der Waals surface area (Å²) >= 11 is 0. The summed E-state index contributed by atoms with van der Waals surface area (Å²) in [5.74, 6) is -0.736. The largest absolute Gasteiger partial charge is 0.456 e. The van der Waals surface area contributed by atoms with Gasteiger partial charge in [0.05, 0.1) is 43.2 Å². The average molecular weight is 999 g/mol. The molecule has 2 saturated heterocycles. The molecule has 4 rings (SSSR count). The van der Waals surface area contributed by atoms with Gasteiger partial charge >= 0.3 is 11.7 Å². The number of nitriles is 1. The minimum Gasteiger partial charge on any atom is -0.456 e. The molecule has 0 aliphatic carbocycles. The van der Waals surface area contributed by atoms with E-state index in [9.17, 15) is 24.4 Å². The maximum Gasteiger partial charge on any atom is 0.351 e. The Balaban J connectivity index is 1.26. The van der Waals surface area contributed by atoms with Crippen LogP contribution in [0.1, 0.15) is 136 Å². The molecule has 10 atom stereocenters.